The molecule has 0 bridgehead atoms. The smallest absolute Gasteiger partial charge is 0.237 e. The summed E-state index contributed by atoms with van der Waals surface area (Å²) in [7, 11) is 1.59. The van der Waals surface area contributed by atoms with Gasteiger partial charge in [0, 0.05) is 20.3 Å². The van der Waals surface area contributed by atoms with E-state index < -0.39 is 0 Å². The number of likely N-dealkylation sites (N-methyl/N-ethyl adjacent to an activating group) is 1. The summed E-state index contributed by atoms with van der Waals surface area (Å²) in [6.45, 7) is 3.37. The van der Waals surface area contributed by atoms with Gasteiger partial charge in [-0.15, -0.1) is 0 Å². The average molecular weight is 315 g/mol. The van der Waals surface area contributed by atoms with Crippen LogP contribution in [0.3, 0.4) is 0 Å². The summed E-state index contributed by atoms with van der Waals surface area (Å²) in [6.07, 6.45) is 1.70. The first-order chi connectivity index (χ1) is 11.1. The molecule has 0 radical (unpaired) electrons. The highest BCUT2D eigenvalue weighted by molar-refractivity contribution is 5.77. The van der Waals surface area contributed by atoms with Crippen LogP contribution in [0.5, 0.6) is 0 Å². The van der Waals surface area contributed by atoms with E-state index in [0.717, 1.165) is 18.4 Å². The van der Waals surface area contributed by atoms with Gasteiger partial charge >= 0.3 is 0 Å². The normalized spacial score (nSPS) is 17.0. The third-order valence-electron chi connectivity index (χ3n) is 4.43. The highest BCUT2D eigenvalue weighted by atomic mass is 16.5. The summed E-state index contributed by atoms with van der Waals surface area (Å²) in [6, 6.07) is 8.41. The fraction of sp³-hybridized carbons (Fsp3) is 0.471. The molecule has 6 nitrogen and oxygen atoms in total. The van der Waals surface area contributed by atoms with E-state index in [1.165, 1.54) is 5.56 Å². The van der Waals surface area contributed by atoms with Crippen LogP contribution in [0.4, 0.5) is 0 Å². The SMILES string of the molecule is CNC(=O)Cc1noc(C2(c3ccc(C)cc3)CCOCC2)n1. The van der Waals surface area contributed by atoms with Crippen molar-refractivity contribution in [2.75, 3.05) is 20.3 Å². The summed E-state index contributed by atoms with van der Waals surface area (Å²) < 4.78 is 11.1. The maximum absolute atomic E-state index is 11.5. The number of benzene rings is 1. The van der Waals surface area contributed by atoms with E-state index in [-0.39, 0.29) is 17.7 Å². The minimum atomic E-state index is -0.333. The molecule has 0 unspecified atom stereocenters. The molecule has 1 aliphatic heterocycles. The molecule has 1 fully saturated rings. The molecule has 1 amide bonds. The maximum Gasteiger partial charge on any atom is 0.237 e. The molecule has 1 saturated heterocycles. The highest BCUT2D eigenvalue weighted by Gasteiger charge is 2.41. The number of nitrogens with zero attached hydrogens (tertiary/aromatic N) is 2. The minimum Gasteiger partial charge on any atom is -0.381 e. The van der Waals surface area contributed by atoms with Crippen LogP contribution in [0.25, 0.3) is 0 Å². The molecule has 1 aromatic carbocycles. The predicted molar refractivity (Wildman–Crippen MR) is 84.1 cm³/mol. The number of aryl methyl sites for hydroxylation is 1. The number of hydrogen-bond donors (Lipinski definition) is 1. The topological polar surface area (TPSA) is 77.2 Å². The van der Waals surface area contributed by atoms with Crippen molar-refractivity contribution in [1.29, 1.82) is 0 Å². The Balaban J connectivity index is 1.96. The van der Waals surface area contributed by atoms with Gasteiger partial charge in [0.1, 0.15) is 0 Å². The lowest BCUT2D eigenvalue weighted by atomic mass is 9.74. The lowest BCUT2D eigenvalue weighted by molar-refractivity contribution is -0.120. The van der Waals surface area contributed by atoms with E-state index in [1.807, 2.05) is 0 Å². The predicted octanol–water partition coefficient (Wildman–Crippen LogP) is 1.76. The van der Waals surface area contributed by atoms with Gasteiger partial charge in [0.2, 0.25) is 11.8 Å². The molecule has 0 aliphatic carbocycles. The van der Waals surface area contributed by atoms with E-state index in [0.29, 0.717) is 24.9 Å². The van der Waals surface area contributed by atoms with Crippen molar-refractivity contribution < 1.29 is 14.1 Å². The van der Waals surface area contributed by atoms with Crippen LogP contribution in [0, 0.1) is 6.92 Å². The minimum absolute atomic E-state index is 0.125. The van der Waals surface area contributed by atoms with Gasteiger partial charge in [0.25, 0.3) is 0 Å². The largest absolute Gasteiger partial charge is 0.381 e. The Bertz CT molecular complexity index is 673. The maximum atomic E-state index is 11.5. The summed E-state index contributed by atoms with van der Waals surface area (Å²) >= 11 is 0. The molecule has 2 heterocycles. The van der Waals surface area contributed by atoms with E-state index in [4.69, 9.17) is 9.26 Å². The number of ether oxygens (including phenoxy) is 1. The number of nitrogens with one attached hydrogen (secondary N) is 1. The standard InChI is InChI=1S/C17H21N3O3/c1-12-3-5-13(6-4-12)17(7-9-22-10-8-17)16-19-14(20-23-16)11-15(21)18-2/h3-6H,7-11H2,1-2H3,(H,18,21). The van der Waals surface area contributed by atoms with Crippen molar-refractivity contribution in [3.05, 3.63) is 47.1 Å². The second-order valence-corrected chi connectivity index (χ2v) is 5.93. The molecule has 2 aromatic rings. The molecular formula is C17H21N3O3. The second kappa shape index (κ2) is 6.50. The zero-order valence-corrected chi connectivity index (χ0v) is 13.5. The van der Waals surface area contributed by atoms with E-state index in [2.05, 4.69) is 46.6 Å². The van der Waals surface area contributed by atoms with Crippen molar-refractivity contribution in [2.24, 2.45) is 0 Å². The van der Waals surface area contributed by atoms with Gasteiger partial charge in [-0.2, -0.15) is 4.98 Å². The number of amides is 1. The van der Waals surface area contributed by atoms with Crippen LogP contribution in [-0.2, 0) is 21.4 Å². The number of hydrogen-bond acceptors (Lipinski definition) is 5. The Morgan fingerprint density at radius 1 is 1.26 bits per heavy atom. The molecule has 0 spiro atoms. The molecule has 122 valence electrons. The van der Waals surface area contributed by atoms with Crippen LogP contribution in [0.2, 0.25) is 0 Å². The molecule has 3 rings (SSSR count). The van der Waals surface area contributed by atoms with Crippen molar-refractivity contribution in [3.8, 4) is 0 Å². The first-order valence-electron chi connectivity index (χ1n) is 7.82. The first kappa shape index (κ1) is 15.7. The molecule has 6 heteroatoms. The summed E-state index contributed by atoms with van der Waals surface area (Å²) in [4.78, 5) is 16.0. The van der Waals surface area contributed by atoms with Gasteiger partial charge in [-0.05, 0) is 25.3 Å². The van der Waals surface area contributed by atoms with Gasteiger partial charge < -0.3 is 14.6 Å². The lowest BCUT2D eigenvalue weighted by Gasteiger charge is -2.34. The monoisotopic (exact) mass is 315 g/mol. The summed E-state index contributed by atoms with van der Waals surface area (Å²) in [5, 5.41) is 6.55. The third-order valence-corrected chi connectivity index (χ3v) is 4.43. The summed E-state index contributed by atoms with van der Waals surface area (Å²) in [5.74, 6) is 0.856. The van der Waals surface area contributed by atoms with Gasteiger partial charge in [-0.25, -0.2) is 0 Å². The lowest BCUT2D eigenvalue weighted by Crippen LogP contribution is -2.35. The van der Waals surface area contributed by atoms with Gasteiger partial charge in [-0.3, -0.25) is 4.79 Å². The number of carbonyl (C=O) groups is 1. The fourth-order valence-electron chi connectivity index (χ4n) is 2.97. The molecule has 1 aliphatic rings. The molecule has 1 aromatic heterocycles. The Hall–Kier alpha value is -2.21. The van der Waals surface area contributed by atoms with Gasteiger partial charge in [0.15, 0.2) is 5.82 Å². The third kappa shape index (κ3) is 3.12. The fourth-order valence-corrected chi connectivity index (χ4v) is 2.97. The van der Waals surface area contributed by atoms with Gasteiger partial charge in [0.05, 0.1) is 11.8 Å². The van der Waals surface area contributed by atoms with Crippen LogP contribution in [0.1, 0.15) is 35.7 Å². The first-order valence-corrected chi connectivity index (χ1v) is 7.82. The van der Waals surface area contributed by atoms with Crippen LogP contribution < -0.4 is 5.32 Å². The Kier molecular flexibility index (Phi) is 4.43. The Labute approximate surface area is 135 Å². The van der Waals surface area contributed by atoms with E-state index in [9.17, 15) is 4.79 Å². The molecule has 23 heavy (non-hydrogen) atoms. The van der Waals surface area contributed by atoms with Crippen LogP contribution in [0.15, 0.2) is 28.8 Å². The highest BCUT2D eigenvalue weighted by Crippen LogP contribution is 2.40. The van der Waals surface area contributed by atoms with Crippen molar-refractivity contribution in [2.45, 2.75) is 31.6 Å². The van der Waals surface area contributed by atoms with E-state index >= 15 is 0 Å². The van der Waals surface area contributed by atoms with Crippen molar-refractivity contribution >= 4 is 5.91 Å². The number of aromatic nitrogens is 2. The van der Waals surface area contributed by atoms with Crippen LogP contribution >= 0.6 is 0 Å². The zero-order chi connectivity index (χ0) is 16.3. The van der Waals surface area contributed by atoms with Crippen molar-refractivity contribution in [1.82, 2.24) is 15.5 Å². The number of rotatable bonds is 4. The molecule has 1 N–H and O–H groups in total. The molecule has 0 atom stereocenters. The Morgan fingerprint density at radius 3 is 2.61 bits per heavy atom. The van der Waals surface area contributed by atoms with Crippen molar-refractivity contribution in [3.63, 3.8) is 0 Å². The quantitative estimate of drug-likeness (QED) is 0.930. The van der Waals surface area contributed by atoms with Gasteiger partial charge in [-0.1, -0.05) is 35.0 Å². The summed E-state index contributed by atoms with van der Waals surface area (Å²) in [5.41, 5.74) is 2.03. The molecular weight excluding hydrogens is 294 g/mol. The van der Waals surface area contributed by atoms with E-state index in [1.54, 1.807) is 7.05 Å². The zero-order valence-electron chi connectivity index (χ0n) is 13.5. The number of carbonyl (C=O) groups excluding carboxylic acids is 1. The Morgan fingerprint density at radius 2 is 1.96 bits per heavy atom. The molecule has 0 saturated carbocycles. The van der Waals surface area contributed by atoms with Crippen LogP contribution in [-0.4, -0.2) is 36.3 Å². The average Bonchev–Trinajstić information content (AvgIpc) is 3.05. The second-order valence-electron chi connectivity index (χ2n) is 5.93.